The number of nitrogens with two attached hydrogens (primary N) is 2. The zero-order valence-electron chi connectivity index (χ0n) is 25.3. The highest BCUT2D eigenvalue weighted by Gasteiger charge is 2.35. The summed E-state index contributed by atoms with van der Waals surface area (Å²) in [6.07, 6.45) is 5.64. The van der Waals surface area contributed by atoms with Crippen molar-refractivity contribution in [2.24, 2.45) is 23.3 Å². The van der Waals surface area contributed by atoms with Crippen LogP contribution in [-0.2, 0) is 16.0 Å². The monoisotopic (exact) mass is 606 g/mol. The molecule has 7 N–H and O–H groups in total. The van der Waals surface area contributed by atoms with Gasteiger partial charge in [0.1, 0.15) is 5.82 Å². The molecule has 232 valence electrons. The Morgan fingerprint density at radius 1 is 0.911 bits per heavy atom. The number of hydrogen-bond donors (Lipinski definition) is 5. The van der Waals surface area contributed by atoms with Crippen molar-refractivity contribution < 1.29 is 9.59 Å². The van der Waals surface area contributed by atoms with Gasteiger partial charge in [-0.2, -0.15) is 0 Å². The number of anilines is 1. The number of imide groups is 1. The highest BCUT2D eigenvalue weighted by Crippen LogP contribution is 2.39. The van der Waals surface area contributed by atoms with Crippen LogP contribution < -0.4 is 22.1 Å². The predicted molar refractivity (Wildman–Crippen MR) is 174 cm³/mol. The van der Waals surface area contributed by atoms with Gasteiger partial charge < -0.3 is 26.4 Å². The number of hydrogen-bond acceptors (Lipinski definition) is 7. The van der Waals surface area contributed by atoms with Crippen molar-refractivity contribution in [3.05, 3.63) is 76.1 Å². The smallest absolute Gasteiger partial charge is 0.323 e. The maximum Gasteiger partial charge on any atom is 0.323 e. The molecule has 2 amide bonds. The highest BCUT2D eigenvalue weighted by molar-refractivity contribution is 6.17. The molecule has 45 heavy (non-hydrogen) atoms. The molecule has 0 unspecified atom stereocenters. The molecule has 2 aliphatic rings. The van der Waals surface area contributed by atoms with E-state index in [1.165, 1.54) is 17.7 Å². The standard InChI is InChI=1S/C34H38N8O3/c1-18-25(16-29-31(37-18)41-30(38-29)22-10-11-22)21-6-2-19(3-7-21)14-26(36)33(44)42(32(43)23-8-4-20(17-35)5-9-23)24-12-13-27-28(15-24)40-34(45)39-27/h2-3,6-7,12-13,15-16,20,22-23,26H,4-5,8-11,14,17,35-36H2,1H3,(H,37,38,41)(H2,39,40,45)/t20?,23?,26-/m0/s1. The molecule has 7 rings (SSSR count). The van der Waals surface area contributed by atoms with Crippen LogP contribution in [0.5, 0.6) is 0 Å². The molecule has 0 spiro atoms. The number of rotatable bonds is 8. The van der Waals surface area contributed by atoms with Crippen LogP contribution in [0, 0.1) is 18.8 Å². The molecule has 0 aliphatic heterocycles. The molecular weight excluding hydrogens is 568 g/mol. The maximum absolute atomic E-state index is 14.0. The van der Waals surface area contributed by atoms with Gasteiger partial charge in [0.15, 0.2) is 5.65 Å². The Morgan fingerprint density at radius 2 is 1.64 bits per heavy atom. The molecule has 3 aromatic heterocycles. The number of nitrogens with one attached hydrogen (secondary N) is 3. The molecule has 1 atom stereocenters. The van der Waals surface area contributed by atoms with Crippen LogP contribution in [0.2, 0.25) is 0 Å². The van der Waals surface area contributed by atoms with E-state index in [4.69, 9.17) is 16.5 Å². The van der Waals surface area contributed by atoms with Crippen molar-refractivity contribution >= 4 is 39.7 Å². The summed E-state index contributed by atoms with van der Waals surface area (Å²) >= 11 is 0. The van der Waals surface area contributed by atoms with E-state index >= 15 is 0 Å². The third-order valence-corrected chi connectivity index (χ3v) is 9.41. The molecular formula is C34H38N8O3. The molecule has 11 nitrogen and oxygen atoms in total. The summed E-state index contributed by atoms with van der Waals surface area (Å²) in [5.41, 5.74) is 19.0. The lowest BCUT2D eigenvalue weighted by atomic mass is 9.81. The first kappa shape index (κ1) is 29.1. The molecule has 0 saturated heterocycles. The Bertz CT molecular complexity index is 1940. The van der Waals surface area contributed by atoms with Gasteiger partial charge in [0.2, 0.25) is 5.91 Å². The molecule has 3 heterocycles. The second kappa shape index (κ2) is 11.7. The lowest BCUT2D eigenvalue weighted by Crippen LogP contribution is -2.50. The Balaban J connectivity index is 1.12. The van der Waals surface area contributed by atoms with Gasteiger partial charge in [-0.25, -0.2) is 19.7 Å². The summed E-state index contributed by atoms with van der Waals surface area (Å²) in [4.78, 5) is 59.3. The minimum atomic E-state index is -0.952. The number of aromatic amines is 3. The van der Waals surface area contributed by atoms with Crippen LogP contribution in [0.4, 0.5) is 5.69 Å². The van der Waals surface area contributed by atoms with Crippen molar-refractivity contribution in [1.29, 1.82) is 0 Å². The molecule has 2 saturated carbocycles. The second-order valence-electron chi connectivity index (χ2n) is 12.7. The van der Waals surface area contributed by atoms with E-state index in [9.17, 15) is 14.4 Å². The normalized spacial score (nSPS) is 19.2. The quantitative estimate of drug-likeness (QED) is 0.176. The SMILES string of the molecule is Cc1nc2nc(C3CC3)[nH]c2cc1-c1ccc(C[C@H](N)C(=O)N(C(=O)C2CCC(CN)CC2)c2ccc3[nH]c(=O)[nH]c3c2)cc1. The summed E-state index contributed by atoms with van der Waals surface area (Å²) in [5.74, 6) is 0.894. The molecule has 2 aromatic carbocycles. The number of aryl methyl sites for hydroxylation is 1. The summed E-state index contributed by atoms with van der Waals surface area (Å²) in [5, 5.41) is 0. The van der Waals surface area contributed by atoms with E-state index in [1.807, 2.05) is 31.2 Å². The fourth-order valence-electron chi connectivity index (χ4n) is 6.57. The Hall–Kier alpha value is -4.61. The number of benzene rings is 2. The van der Waals surface area contributed by atoms with Gasteiger partial charge in [-0.15, -0.1) is 0 Å². The van der Waals surface area contributed by atoms with E-state index in [2.05, 4.69) is 26.0 Å². The lowest BCUT2D eigenvalue weighted by Gasteiger charge is -2.32. The largest absolute Gasteiger partial charge is 0.340 e. The van der Waals surface area contributed by atoms with E-state index in [0.717, 1.165) is 52.2 Å². The summed E-state index contributed by atoms with van der Waals surface area (Å²) in [7, 11) is 0. The summed E-state index contributed by atoms with van der Waals surface area (Å²) < 4.78 is 0. The number of imidazole rings is 2. The number of carbonyl (C=O) groups excluding carboxylic acids is 2. The first-order valence-corrected chi connectivity index (χ1v) is 15.8. The zero-order valence-corrected chi connectivity index (χ0v) is 25.3. The maximum atomic E-state index is 14.0. The van der Waals surface area contributed by atoms with Gasteiger partial charge in [-0.1, -0.05) is 24.3 Å². The van der Waals surface area contributed by atoms with E-state index < -0.39 is 11.9 Å². The number of nitrogens with zero attached hydrogens (tertiary/aromatic N) is 3. The fraction of sp³-hybridized carbons (Fsp3) is 0.382. The van der Waals surface area contributed by atoms with Crippen molar-refractivity contribution in [2.45, 2.75) is 63.8 Å². The predicted octanol–water partition coefficient (Wildman–Crippen LogP) is 4.18. The van der Waals surface area contributed by atoms with Gasteiger partial charge in [0.05, 0.1) is 28.3 Å². The van der Waals surface area contributed by atoms with Gasteiger partial charge in [-0.05, 0) is 99.7 Å². The van der Waals surface area contributed by atoms with Crippen molar-refractivity contribution in [3.63, 3.8) is 0 Å². The Morgan fingerprint density at radius 3 is 2.36 bits per heavy atom. The van der Waals surface area contributed by atoms with Crippen LogP contribution in [0.3, 0.4) is 0 Å². The topological polar surface area (TPSA) is 180 Å². The Kier molecular flexibility index (Phi) is 7.58. The average molecular weight is 607 g/mol. The van der Waals surface area contributed by atoms with Crippen LogP contribution in [-0.4, -0.2) is 49.3 Å². The molecule has 11 heteroatoms. The van der Waals surface area contributed by atoms with Crippen LogP contribution in [0.15, 0.2) is 53.3 Å². The van der Waals surface area contributed by atoms with Crippen LogP contribution in [0.1, 0.15) is 61.5 Å². The minimum Gasteiger partial charge on any atom is -0.340 e. The fourth-order valence-corrected chi connectivity index (χ4v) is 6.57. The van der Waals surface area contributed by atoms with Crippen LogP contribution in [0.25, 0.3) is 33.3 Å². The third kappa shape index (κ3) is 5.81. The van der Waals surface area contributed by atoms with E-state index in [0.29, 0.717) is 47.9 Å². The number of fused-ring (bicyclic) bond motifs is 2. The number of amides is 2. The zero-order chi connectivity index (χ0) is 31.2. The number of H-pyrrole nitrogens is 3. The first-order valence-electron chi connectivity index (χ1n) is 15.8. The van der Waals surface area contributed by atoms with Gasteiger partial charge in [-0.3, -0.25) is 9.59 Å². The van der Waals surface area contributed by atoms with Crippen molar-refractivity contribution in [3.8, 4) is 11.1 Å². The van der Waals surface area contributed by atoms with Crippen molar-refractivity contribution in [1.82, 2.24) is 24.9 Å². The van der Waals surface area contributed by atoms with Gasteiger partial charge in [0.25, 0.3) is 5.91 Å². The van der Waals surface area contributed by atoms with E-state index in [1.54, 1.807) is 18.2 Å². The summed E-state index contributed by atoms with van der Waals surface area (Å²) in [6, 6.07) is 14.1. The lowest BCUT2D eigenvalue weighted by molar-refractivity contribution is -0.130. The van der Waals surface area contributed by atoms with Gasteiger partial charge in [0, 0.05) is 23.1 Å². The Labute approximate surface area is 259 Å². The molecule has 0 bridgehead atoms. The molecule has 0 radical (unpaired) electrons. The highest BCUT2D eigenvalue weighted by atomic mass is 16.2. The van der Waals surface area contributed by atoms with Crippen LogP contribution >= 0.6 is 0 Å². The van der Waals surface area contributed by atoms with Crippen molar-refractivity contribution in [2.75, 3.05) is 11.4 Å². The van der Waals surface area contributed by atoms with Gasteiger partial charge >= 0.3 is 5.69 Å². The number of carbonyl (C=O) groups is 2. The number of pyridine rings is 1. The number of aromatic nitrogens is 5. The average Bonchev–Trinajstić information content (AvgIpc) is 3.71. The molecule has 2 fully saturated rings. The molecule has 5 aromatic rings. The second-order valence-corrected chi connectivity index (χ2v) is 12.7. The molecule has 2 aliphatic carbocycles. The minimum absolute atomic E-state index is 0.258. The first-order chi connectivity index (χ1) is 21.8. The third-order valence-electron chi connectivity index (χ3n) is 9.41. The van der Waals surface area contributed by atoms with E-state index in [-0.39, 0.29) is 23.9 Å². The summed E-state index contributed by atoms with van der Waals surface area (Å²) in [6.45, 7) is 2.58.